The molecule has 148 valence electrons. The maximum Gasteiger partial charge on any atom is 0.410 e. The van der Waals surface area contributed by atoms with Gasteiger partial charge in [0.1, 0.15) is 12.4 Å². The topological polar surface area (TPSA) is 49.8 Å². The molecule has 2 bridgehead atoms. The van der Waals surface area contributed by atoms with E-state index in [-0.39, 0.29) is 30.6 Å². The SMILES string of the molecule is Cc1c(F)cccc1C1(O)CC2CCCC(C1)N2C(=O)OCc1ccccc1. The Kier molecular flexibility index (Phi) is 5.11. The van der Waals surface area contributed by atoms with Crippen LogP contribution in [-0.2, 0) is 16.9 Å². The standard InChI is InChI=1S/C23H26FNO3/c1-16-20(11-6-12-21(16)24)23(27)13-18-9-5-10-19(14-23)25(18)22(26)28-15-17-7-3-2-4-8-17/h2-4,6-8,11-12,18-19,27H,5,9-10,13-15H2,1H3. The molecule has 2 fully saturated rings. The highest BCUT2D eigenvalue weighted by atomic mass is 19.1. The Hall–Kier alpha value is -2.40. The van der Waals surface area contributed by atoms with Crippen molar-refractivity contribution in [3.63, 3.8) is 0 Å². The summed E-state index contributed by atoms with van der Waals surface area (Å²) in [6, 6.07) is 14.3. The monoisotopic (exact) mass is 383 g/mol. The Balaban J connectivity index is 1.52. The first-order valence-electron chi connectivity index (χ1n) is 9.95. The fourth-order valence-corrected chi connectivity index (χ4v) is 4.85. The van der Waals surface area contributed by atoms with E-state index < -0.39 is 5.60 Å². The van der Waals surface area contributed by atoms with Gasteiger partial charge in [0.05, 0.1) is 5.60 Å². The normalized spacial score (nSPS) is 26.8. The molecule has 0 saturated carbocycles. The van der Waals surface area contributed by atoms with Gasteiger partial charge >= 0.3 is 6.09 Å². The lowest BCUT2D eigenvalue weighted by Gasteiger charge is -2.51. The number of aliphatic hydroxyl groups is 1. The molecule has 2 atom stereocenters. The Bertz CT molecular complexity index is 840. The van der Waals surface area contributed by atoms with Crippen molar-refractivity contribution >= 4 is 6.09 Å². The fourth-order valence-electron chi connectivity index (χ4n) is 4.85. The molecule has 2 aromatic rings. The van der Waals surface area contributed by atoms with Gasteiger partial charge < -0.3 is 14.7 Å². The Labute approximate surface area is 164 Å². The van der Waals surface area contributed by atoms with Gasteiger partial charge in [-0.05, 0) is 48.9 Å². The van der Waals surface area contributed by atoms with Crippen LogP contribution in [0, 0.1) is 12.7 Å². The number of nitrogens with zero attached hydrogens (tertiary/aromatic N) is 1. The number of ether oxygens (including phenoxy) is 1. The van der Waals surface area contributed by atoms with Crippen molar-refractivity contribution in [3.05, 3.63) is 71.0 Å². The second-order valence-electron chi connectivity index (χ2n) is 8.04. The number of hydrogen-bond acceptors (Lipinski definition) is 3. The highest BCUT2D eigenvalue weighted by Crippen LogP contribution is 2.45. The van der Waals surface area contributed by atoms with E-state index in [0.717, 1.165) is 24.8 Å². The van der Waals surface area contributed by atoms with Gasteiger partial charge in [0.2, 0.25) is 0 Å². The zero-order chi connectivity index (χ0) is 19.7. The summed E-state index contributed by atoms with van der Waals surface area (Å²) in [5.41, 5.74) is 0.966. The Morgan fingerprint density at radius 2 is 1.82 bits per heavy atom. The maximum absolute atomic E-state index is 14.1. The number of piperidine rings is 2. The first-order valence-corrected chi connectivity index (χ1v) is 9.95. The molecule has 0 radical (unpaired) electrons. The van der Waals surface area contributed by atoms with E-state index >= 15 is 0 Å². The molecular formula is C23H26FNO3. The number of hydrogen-bond donors (Lipinski definition) is 1. The van der Waals surface area contributed by atoms with Crippen molar-refractivity contribution in [2.45, 2.75) is 63.3 Å². The van der Waals surface area contributed by atoms with Gasteiger partial charge in [-0.25, -0.2) is 9.18 Å². The number of carbonyl (C=O) groups is 1. The van der Waals surface area contributed by atoms with Crippen molar-refractivity contribution < 1.29 is 19.0 Å². The van der Waals surface area contributed by atoms with Crippen molar-refractivity contribution in [1.82, 2.24) is 4.90 Å². The lowest BCUT2D eigenvalue weighted by atomic mass is 9.72. The van der Waals surface area contributed by atoms with E-state index in [1.165, 1.54) is 6.07 Å². The van der Waals surface area contributed by atoms with Crippen LogP contribution in [0.4, 0.5) is 9.18 Å². The molecule has 2 aliphatic heterocycles. The van der Waals surface area contributed by atoms with Gasteiger partial charge in [-0.1, -0.05) is 42.5 Å². The molecule has 2 saturated heterocycles. The van der Waals surface area contributed by atoms with Gasteiger partial charge in [-0.3, -0.25) is 0 Å². The van der Waals surface area contributed by atoms with Gasteiger partial charge in [0.15, 0.2) is 0 Å². The molecule has 1 amide bonds. The molecule has 2 aliphatic rings. The molecule has 5 heteroatoms. The predicted octanol–water partition coefficient (Wildman–Crippen LogP) is 4.68. The number of carbonyl (C=O) groups excluding carboxylic acids is 1. The smallest absolute Gasteiger partial charge is 0.410 e. The number of fused-ring (bicyclic) bond motifs is 2. The van der Waals surface area contributed by atoms with Gasteiger partial charge in [0, 0.05) is 24.9 Å². The lowest BCUT2D eigenvalue weighted by Crippen LogP contribution is -2.59. The molecule has 28 heavy (non-hydrogen) atoms. The first-order chi connectivity index (χ1) is 13.5. The van der Waals surface area contributed by atoms with E-state index in [1.807, 2.05) is 35.2 Å². The van der Waals surface area contributed by atoms with Gasteiger partial charge in [-0.2, -0.15) is 0 Å². The largest absolute Gasteiger partial charge is 0.445 e. The van der Waals surface area contributed by atoms with Crippen molar-refractivity contribution in [2.24, 2.45) is 0 Å². The molecular weight excluding hydrogens is 357 g/mol. The predicted molar refractivity (Wildman–Crippen MR) is 104 cm³/mol. The summed E-state index contributed by atoms with van der Waals surface area (Å²) in [6.45, 7) is 1.95. The minimum absolute atomic E-state index is 0.0940. The number of rotatable bonds is 3. The molecule has 0 aromatic heterocycles. The summed E-state index contributed by atoms with van der Waals surface area (Å²) in [6.07, 6.45) is 3.18. The summed E-state index contributed by atoms with van der Waals surface area (Å²) >= 11 is 0. The Morgan fingerprint density at radius 3 is 2.50 bits per heavy atom. The van der Waals surface area contributed by atoms with Crippen LogP contribution < -0.4 is 0 Å². The first kappa shape index (κ1) is 18.9. The van der Waals surface area contributed by atoms with Crippen molar-refractivity contribution in [3.8, 4) is 0 Å². The minimum Gasteiger partial charge on any atom is -0.445 e. The minimum atomic E-state index is -1.11. The number of amides is 1. The second-order valence-corrected chi connectivity index (χ2v) is 8.04. The van der Waals surface area contributed by atoms with Crippen LogP contribution in [0.15, 0.2) is 48.5 Å². The third-order valence-electron chi connectivity index (χ3n) is 6.19. The van der Waals surface area contributed by atoms with Crippen LogP contribution in [0.1, 0.15) is 48.8 Å². The summed E-state index contributed by atoms with van der Waals surface area (Å²) < 4.78 is 19.6. The summed E-state index contributed by atoms with van der Waals surface area (Å²) in [5, 5.41) is 11.4. The number of halogens is 1. The van der Waals surface area contributed by atoms with E-state index in [1.54, 1.807) is 19.1 Å². The Morgan fingerprint density at radius 1 is 1.14 bits per heavy atom. The summed E-state index contributed by atoms with van der Waals surface area (Å²) in [5.74, 6) is -0.305. The average molecular weight is 383 g/mol. The molecule has 0 spiro atoms. The van der Waals surface area contributed by atoms with E-state index in [4.69, 9.17) is 4.74 Å². The average Bonchev–Trinajstić information content (AvgIpc) is 2.68. The molecule has 0 aliphatic carbocycles. The third kappa shape index (κ3) is 3.51. The number of benzene rings is 2. The lowest BCUT2D eigenvalue weighted by molar-refractivity contribution is -0.0900. The molecule has 4 rings (SSSR count). The van der Waals surface area contributed by atoms with Gasteiger partial charge in [-0.15, -0.1) is 0 Å². The van der Waals surface area contributed by atoms with Crippen LogP contribution in [0.3, 0.4) is 0 Å². The molecule has 2 aromatic carbocycles. The van der Waals surface area contributed by atoms with Crippen molar-refractivity contribution in [1.29, 1.82) is 0 Å². The van der Waals surface area contributed by atoms with Crippen LogP contribution >= 0.6 is 0 Å². The van der Waals surface area contributed by atoms with Crippen LogP contribution in [-0.4, -0.2) is 28.2 Å². The summed E-state index contributed by atoms with van der Waals surface area (Å²) in [4.78, 5) is 14.6. The fraction of sp³-hybridized carbons (Fsp3) is 0.435. The zero-order valence-electron chi connectivity index (χ0n) is 16.1. The maximum atomic E-state index is 14.1. The molecule has 4 nitrogen and oxygen atoms in total. The van der Waals surface area contributed by atoms with Crippen molar-refractivity contribution in [2.75, 3.05) is 0 Å². The molecule has 1 N–H and O–H groups in total. The highest BCUT2D eigenvalue weighted by Gasteiger charge is 2.49. The van der Waals surface area contributed by atoms with Gasteiger partial charge in [0.25, 0.3) is 0 Å². The molecule has 2 unspecified atom stereocenters. The quantitative estimate of drug-likeness (QED) is 0.838. The second kappa shape index (κ2) is 7.55. The van der Waals surface area contributed by atoms with Crippen LogP contribution in [0.2, 0.25) is 0 Å². The highest BCUT2D eigenvalue weighted by molar-refractivity contribution is 5.69. The summed E-state index contributed by atoms with van der Waals surface area (Å²) in [7, 11) is 0. The zero-order valence-corrected chi connectivity index (χ0v) is 16.1. The molecule has 2 heterocycles. The van der Waals surface area contributed by atoms with Crippen LogP contribution in [0.25, 0.3) is 0 Å². The third-order valence-corrected chi connectivity index (χ3v) is 6.19. The van der Waals surface area contributed by atoms with E-state index in [0.29, 0.717) is 24.0 Å². The van der Waals surface area contributed by atoms with E-state index in [9.17, 15) is 14.3 Å². The van der Waals surface area contributed by atoms with E-state index in [2.05, 4.69) is 0 Å². The van der Waals surface area contributed by atoms with Crippen LogP contribution in [0.5, 0.6) is 0 Å².